The maximum absolute atomic E-state index is 13.7. The molecule has 2 N–H and O–H groups in total. The standard InChI is InChI=1S/C18H25F2N3O2S/c1-18(2,3)26(24)21-10-11-4-6-13(7-5-11)22-17-23-15-9-12(19)8-14(20)16(15)25-17/h8-9,11,13,21H,4-7,10H2,1-3H3,(H,22,23). The number of rotatable bonds is 5. The monoisotopic (exact) mass is 385 g/mol. The summed E-state index contributed by atoms with van der Waals surface area (Å²) in [5.74, 6) is -0.938. The fourth-order valence-corrected chi connectivity index (χ4v) is 3.94. The van der Waals surface area contributed by atoms with E-state index >= 15 is 0 Å². The van der Waals surface area contributed by atoms with E-state index in [-0.39, 0.29) is 27.9 Å². The second-order valence-electron chi connectivity index (χ2n) is 7.85. The van der Waals surface area contributed by atoms with Gasteiger partial charge in [0.1, 0.15) is 11.3 Å². The van der Waals surface area contributed by atoms with Gasteiger partial charge in [0.2, 0.25) is 0 Å². The van der Waals surface area contributed by atoms with Gasteiger partial charge in [0, 0.05) is 24.7 Å². The van der Waals surface area contributed by atoms with E-state index < -0.39 is 22.6 Å². The van der Waals surface area contributed by atoms with Gasteiger partial charge >= 0.3 is 0 Å². The molecule has 0 radical (unpaired) electrons. The number of halogens is 2. The average Bonchev–Trinajstić information content (AvgIpc) is 2.95. The van der Waals surface area contributed by atoms with Gasteiger partial charge in [-0.05, 0) is 52.4 Å². The van der Waals surface area contributed by atoms with Crippen LogP contribution in [0.2, 0.25) is 0 Å². The summed E-state index contributed by atoms with van der Waals surface area (Å²) < 4.78 is 47.2. The molecule has 0 saturated heterocycles. The largest absolute Gasteiger partial charge is 0.420 e. The molecule has 1 heterocycles. The highest BCUT2D eigenvalue weighted by molar-refractivity contribution is 7.84. The van der Waals surface area contributed by atoms with Crippen LogP contribution in [0.25, 0.3) is 11.1 Å². The fourth-order valence-electron chi connectivity index (χ4n) is 3.12. The van der Waals surface area contributed by atoms with Crippen LogP contribution < -0.4 is 10.0 Å². The number of nitrogens with zero attached hydrogens (tertiary/aromatic N) is 1. The number of benzene rings is 1. The maximum atomic E-state index is 13.7. The van der Waals surface area contributed by atoms with Crippen molar-refractivity contribution in [3.63, 3.8) is 0 Å². The minimum atomic E-state index is -1.05. The van der Waals surface area contributed by atoms with E-state index in [1.165, 1.54) is 0 Å². The molecule has 3 rings (SSSR count). The Labute approximate surface area is 154 Å². The third kappa shape index (κ3) is 4.59. The molecule has 1 unspecified atom stereocenters. The molecular weight excluding hydrogens is 360 g/mol. The highest BCUT2D eigenvalue weighted by atomic mass is 32.2. The van der Waals surface area contributed by atoms with Crippen LogP contribution in [0.15, 0.2) is 16.5 Å². The van der Waals surface area contributed by atoms with E-state index in [0.29, 0.717) is 5.92 Å². The molecule has 5 nitrogen and oxygen atoms in total. The summed E-state index contributed by atoms with van der Waals surface area (Å²) in [4.78, 5) is 4.12. The number of nitrogens with one attached hydrogen (secondary N) is 2. The van der Waals surface area contributed by atoms with Crippen LogP contribution >= 0.6 is 0 Å². The normalized spacial score (nSPS) is 22.5. The van der Waals surface area contributed by atoms with Gasteiger partial charge in [-0.1, -0.05) is 0 Å². The second-order valence-corrected chi connectivity index (χ2v) is 9.90. The molecule has 1 aromatic heterocycles. The van der Waals surface area contributed by atoms with E-state index in [4.69, 9.17) is 4.42 Å². The maximum Gasteiger partial charge on any atom is 0.296 e. The predicted octanol–water partition coefficient (Wildman–Crippen LogP) is 4.13. The first kappa shape index (κ1) is 19.2. The van der Waals surface area contributed by atoms with E-state index in [1.807, 2.05) is 20.8 Å². The van der Waals surface area contributed by atoms with Crippen LogP contribution in [0, 0.1) is 17.6 Å². The molecule has 1 saturated carbocycles. The smallest absolute Gasteiger partial charge is 0.296 e. The number of hydrogen-bond acceptors (Lipinski definition) is 4. The molecule has 1 atom stereocenters. The van der Waals surface area contributed by atoms with E-state index in [9.17, 15) is 13.0 Å². The van der Waals surface area contributed by atoms with E-state index in [2.05, 4.69) is 15.0 Å². The quantitative estimate of drug-likeness (QED) is 0.812. The van der Waals surface area contributed by atoms with Crippen molar-refractivity contribution < 1.29 is 17.4 Å². The van der Waals surface area contributed by atoms with Gasteiger partial charge in [0.05, 0.1) is 15.7 Å². The third-order valence-corrected chi connectivity index (χ3v) is 6.18. The summed E-state index contributed by atoms with van der Waals surface area (Å²) in [6.45, 7) is 6.59. The van der Waals surface area contributed by atoms with Crippen molar-refractivity contribution in [1.29, 1.82) is 0 Å². The Balaban J connectivity index is 1.51. The Hall–Kier alpha value is -1.54. The van der Waals surface area contributed by atoms with Gasteiger partial charge in [-0.15, -0.1) is 0 Å². The summed E-state index contributed by atoms with van der Waals surface area (Å²) in [7, 11) is -1.05. The Bertz CT molecular complexity index is 796. The third-order valence-electron chi connectivity index (χ3n) is 4.64. The van der Waals surface area contributed by atoms with Gasteiger partial charge in [-0.25, -0.2) is 17.7 Å². The second kappa shape index (κ2) is 7.60. The van der Waals surface area contributed by atoms with Crippen molar-refractivity contribution >= 4 is 28.1 Å². The first-order chi connectivity index (χ1) is 12.2. The number of oxazole rings is 1. The molecule has 0 amide bonds. The van der Waals surface area contributed by atoms with Crippen LogP contribution in [0.3, 0.4) is 0 Å². The first-order valence-electron chi connectivity index (χ1n) is 8.90. The molecular formula is C18H25F2N3O2S. The molecule has 8 heteroatoms. The highest BCUT2D eigenvalue weighted by Gasteiger charge is 2.25. The molecule has 0 spiro atoms. The highest BCUT2D eigenvalue weighted by Crippen LogP contribution is 2.28. The summed E-state index contributed by atoms with van der Waals surface area (Å²) in [6, 6.07) is 2.35. The molecule has 144 valence electrons. The van der Waals surface area contributed by atoms with E-state index in [1.54, 1.807) is 0 Å². The van der Waals surface area contributed by atoms with Crippen molar-refractivity contribution in [2.24, 2.45) is 5.92 Å². The van der Waals surface area contributed by atoms with Crippen molar-refractivity contribution in [3.8, 4) is 0 Å². The summed E-state index contributed by atoms with van der Waals surface area (Å²) in [6.07, 6.45) is 3.83. The SMILES string of the molecule is CC(C)(C)S(=O)NCC1CCC(Nc2nc3cc(F)cc(F)c3o2)CC1. The Morgan fingerprint density at radius 2 is 1.92 bits per heavy atom. The lowest BCUT2D eigenvalue weighted by molar-refractivity contribution is 0.335. The van der Waals surface area contributed by atoms with Crippen LogP contribution in [0.1, 0.15) is 46.5 Å². The van der Waals surface area contributed by atoms with Crippen LogP contribution in [0.4, 0.5) is 14.8 Å². The lowest BCUT2D eigenvalue weighted by atomic mass is 9.86. The molecule has 2 aromatic rings. The first-order valence-corrected chi connectivity index (χ1v) is 10.0. The molecule has 26 heavy (non-hydrogen) atoms. The molecule has 0 bridgehead atoms. The Morgan fingerprint density at radius 3 is 2.58 bits per heavy atom. The van der Waals surface area contributed by atoms with Gasteiger partial charge in [-0.2, -0.15) is 4.98 Å². The minimum Gasteiger partial charge on any atom is -0.420 e. The van der Waals surface area contributed by atoms with Crippen molar-refractivity contribution in [2.45, 2.75) is 57.2 Å². The predicted molar refractivity (Wildman–Crippen MR) is 99.2 cm³/mol. The zero-order chi connectivity index (χ0) is 18.9. The van der Waals surface area contributed by atoms with Crippen molar-refractivity contribution in [1.82, 2.24) is 9.71 Å². The zero-order valence-corrected chi connectivity index (χ0v) is 16.1. The lowest BCUT2D eigenvalue weighted by Crippen LogP contribution is -2.37. The summed E-state index contributed by atoms with van der Waals surface area (Å²) in [5, 5.41) is 3.18. The molecule has 1 aliphatic rings. The summed E-state index contributed by atoms with van der Waals surface area (Å²) >= 11 is 0. The molecule has 1 aromatic carbocycles. The Morgan fingerprint density at radius 1 is 1.23 bits per heavy atom. The Kier molecular flexibility index (Phi) is 5.62. The fraction of sp³-hybridized carbons (Fsp3) is 0.611. The van der Waals surface area contributed by atoms with Crippen molar-refractivity contribution in [2.75, 3.05) is 11.9 Å². The topological polar surface area (TPSA) is 67.2 Å². The molecule has 0 aliphatic heterocycles. The lowest BCUT2D eigenvalue weighted by Gasteiger charge is -2.29. The number of anilines is 1. The number of fused-ring (bicyclic) bond motifs is 1. The number of hydrogen-bond donors (Lipinski definition) is 2. The van der Waals surface area contributed by atoms with Crippen LogP contribution in [0.5, 0.6) is 0 Å². The van der Waals surface area contributed by atoms with Gasteiger partial charge in [0.25, 0.3) is 6.01 Å². The van der Waals surface area contributed by atoms with Crippen LogP contribution in [-0.4, -0.2) is 26.5 Å². The average molecular weight is 385 g/mol. The van der Waals surface area contributed by atoms with E-state index in [0.717, 1.165) is 44.4 Å². The zero-order valence-electron chi connectivity index (χ0n) is 15.3. The van der Waals surface area contributed by atoms with Gasteiger partial charge in [0.15, 0.2) is 11.4 Å². The van der Waals surface area contributed by atoms with Crippen LogP contribution in [-0.2, 0) is 11.0 Å². The van der Waals surface area contributed by atoms with Crippen molar-refractivity contribution in [3.05, 3.63) is 23.8 Å². The minimum absolute atomic E-state index is 0.0311. The molecule has 1 fully saturated rings. The summed E-state index contributed by atoms with van der Waals surface area (Å²) in [5.41, 5.74) is 0.143. The molecule has 1 aliphatic carbocycles. The van der Waals surface area contributed by atoms with Gasteiger partial charge in [-0.3, -0.25) is 0 Å². The number of aromatic nitrogens is 1. The van der Waals surface area contributed by atoms with Gasteiger partial charge < -0.3 is 9.73 Å².